The fraction of sp³-hybridized carbons (Fsp3) is 0.690. The number of nitrogens with one attached hydrogen (secondary N) is 7. The van der Waals surface area contributed by atoms with Crippen LogP contribution in [0.4, 0.5) is 43.2 Å². The molecule has 36 nitrogen and oxygen atoms in total. The molecule has 338 valence electrons. The van der Waals surface area contributed by atoms with Crippen LogP contribution in [0.1, 0.15) is 0 Å². The number of carbonyl (C=O) groups excluding carboxylic acids is 9. The number of rotatable bonds is 0. The molecule has 16 rings (SSSR count). The lowest BCUT2D eigenvalue weighted by molar-refractivity contribution is -1.10. The van der Waals surface area contributed by atoms with Crippen molar-refractivity contribution in [2.45, 2.75) is 74.0 Å². The number of nitroso groups, excluding NO2 is 3. The van der Waals surface area contributed by atoms with E-state index in [2.05, 4.69) is 37.2 Å². The minimum atomic E-state index is -1.99. The Labute approximate surface area is 359 Å². The second kappa shape index (κ2) is 10.7. The van der Waals surface area contributed by atoms with Crippen molar-refractivity contribution in [2.75, 3.05) is 53.3 Å². The summed E-state index contributed by atoms with van der Waals surface area (Å²) in [6, 6.07) is -7.75. The Hall–Kier alpha value is -7.41. The van der Waals surface area contributed by atoms with Crippen LogP contribution in [0.5, 0.6) is 0 Å². The average Bonchev–Trinajstić information content (AvgIpc) is 4.08. The molecular formula is C29H35N24O12+5. The van der Waals surface area contributed by atoms with Gasteiger partial charge in [-0.15, -0.1) is 8.97 Å². The van der Waals surface area contributed by atoms with E-state index in [1.54, 1.807) is 0 Å². The summed E-state index contributed by atoms with van der Waals surface area (Å²) in [5.41, 5.74) is 0. The summed E-state index contributed by atoms with van der Waals surface area (Å²) in [7, 11) is 0. The molecule has 16 aliphatic heterocycles. The number of amides is 18. The largest absolute Gasteiger partial charge is 0.518 e. The van der Waals surface area contributed by atoms with E-state index >= 15 is 9.59 Å². The molecule has 14 atom stereocenters. The van der Waals surface area contributed by atoms with E-state index in [0.29, 0.717) is 5.01 Å². The summed E-state index contributed by atoms with van der Waals surface area (Å²) < 4.78 is -1.72. The highest BCUT2D eigenvalue weighted by Crippen LogP contribution is 2.55. The molecular weight excluding hydrogens is 876 g/mol. The number of urea groups is 9. The highest BCUT2D eigenvalue weighted by atomic mass is 16.4. The van der Waals surface area contributed by atoms with Gasteiger partial charge in [0.05, 0.1) is 41.4 Å². The lowest BCUT2D eigenvalue weighted by Crippen LogP contribution is -2.85. The highest BCUT2D eigenvalue weighted by Gasteiger charge is 2.93. The monoisotopic (exact) mass is 911 g/mol. The van der Waals surface area contributed by atoms with Crippen molar-refractivity contribution in [3.05, 3.63) is 14.7 Å². The molecule has 0 aromatic carbocycles. The van der Waals surface area contributed by atoms with Crippen LogP contribution >= 0.6 is 0 Å². The summed E-state index contributed by atoms with van der Waals surface area (Å²) in [5.74, 6) is 0. The lowest BCUT2D eigenvalue weighted by atomic mass is 10.2. The van der Waals surface area contributed by atoms with Gasteiger partial charge in [-0.2, -0.15) is 0 Å². The van der Waals surface area contributed by atoms with Gasteiger partial charge in [-0.25, -0.2) is 63.2 Å². The zero-order valence-electron chi connectivity index (χ0n) is 33.1. The molecule has 16 fully saturated rings. The molecule has 7 N–H and O–H groups in total. The van der Waals surface area contributed by atoms with Crippen LogP contribution in [-0.2, 0) is 0 Å². The van der Waals surface area contributed by atoms with E-state index in [-0.39, 0.29) is 21.3 Å². The maximum Gasteiger partial charge on any atom is 0.518 e. The Morgan fingerprint density at radius 3 is 1.69 bits per heavy atom. The number of imide groups is 1. The minimum absolute atomic E-state index is 0.115. The van der Waals surface area contributed by atoms with Gasteiger partial charge in [0.1, 0.15) is 19.0 Å². The smallest absolute Gasteiger partial charge is 0.314 e. The first-order valence-electron chi connectivity index (χ1n) is 20.7. The topological polar surface area (TPSA) is 337 Å². The van der Waals surface area contributed by atoms with Crippen LogP contribution in [0.2, 0.25) is 0 Å². The predicted molar refractivity (Wildman–Crippen MR) is 188 cm³/mol. The van der Waals surface area contributed by atoms with Crippen molar-refractivity contribution in [1.82, 2.24) is 96.3 Å². The molecule has 16 saturated heterocycles. The maximum absolute atomic E-state index is 15.2. The van der Waals surface area contributed by atoms with E-state index < -0.39 is 184 Å². The number of nitrogens with zero attached hydrogens (tertiary/aromatic N) is 17. The van der Waals surface area contributed by atoms with Gasteiger partial charge in [0.2, 0.25) is 34.9 Å². The molecule has 14 unspecified atom stereocenters. The van der Waals surface area contributed by atoms with Gasteiger partial charge in [0.15, 0.2) is 36.7 Å². The van der Waals surface area contributed by atoms with Gasteiger partial charge < -0.3 is 16.0 Å². The Balaban J connectivity index is 0.898. The third-order valence-electron chi connectivity index (χ3n) is 15.8. The van der Waals surface area contributed by atoms with Crippen molar-refractivity contribution >= 4 is 54.3 Å². The molecule has 0 aromatic heterocycles. The number of quaternary nitrogens is 2. The van der Waals surface area contributed by atoms with Crippen LogP contribution in [0.15, 0.2) is 0 Å². The Kier molecular flexibility index (Phi) is 5.95. The summed E-state index contributed by atoms with van der Waals surface area (Å²) in [4.78, 5) is 185. The first kappa shape index (κ1) is 36.0. The van der Waals surface area contributed by atoms with Crippen molar-refractivity contribution < 1.29 is 66.7 Å². The normalized spacial score (nSPS) is 44.7. The molecule has 0 radical (unpaired) electrons. The molecule has 16 aliphatic rings. The average molecular weight is 912 g/mol. The van der Waals surface area contributed by atoms with Gasteiger partial charge in [-0.05, 0) is 5.01 Å². The van der Waals surface area contributed by atoms with Crippen LogP contribution in [-0.4, -0.2) is 264 Å². The van der Waals surface area contributed by atoms with Crippen molar-refractivity contribution in [2.24, 2.45) is 0 Å². The van der Waals surface area contributed by atoms with Crippen LogP contribution in [0, 0.1) is 14.7 Å². The second-order valence-corrected chi connectivity index (χ2v) is 18.4. The van der Waals surface area contributed by atoms with Crippen molar-refractivity contribution in [1.29, 1.82) is 0 Å². The van der Waals surface area contributed by atoms with Crippen LogP contribution in [0.25, 0.3) is 0 Å². The number of hydrazine groups is 3. The molecule has 0 saturated carbocycles. The number of carbonyl (C=O) groups is 9. The van der Waals surface area contributed by atoms with Gasteiger partial charge in [0.25, 0.3) is 6.17 Å². The van der Waals surface area contributed by atoms with Crippen LogP contribution in [0.3, 0.4) is 0 Å². The third kappa shape index (κ3) is 3.59. The molecule has 36 heteroatoms. The van der Waals surface area contributed by atoms with E-state index in [0.717, 1.165) is 34.5 Å². The first-order valence-corrected chi connectivity index (χ1v) is 20.7. The zero-order chi connectivity index (χ0) is 44.4. The summed E-state index contributed by atoms with van der Waals surface area (Å²) >= 11 is 0. The molecule has 0 aromatic rings. The van der Waals surface area contributed by atoms with E-state index in [9.17, 15) is 48.3 Å². The Morgan fingerprint density at radius 2 is 0.985 bits per heavy atom. The number of hydrogen-bond acceptors (Lipinski definition) is 16. The maximum atomic E-state index is 15.2. The molecule has 65 heavy (non-hydrogen) atoms. The molecule has 16 heterocycles. The molecule has 18 amide bonds. The van der Waals surface area contributed by atoms with Gasteiger partial charge in [0, 0.05) is 10.0 Å². The van der Waals surface area contributed by atoms with Gasteiger partial charge >= 0.3 is 72.8 Å². The quantitative estimate of drug-likeness (QED) is 0.0877. The van der Waals surface area contributed by atoms with Crippen molar-refractivity contribution in [3.63, 3.8) is 0 Å². The first-order chi connectivity index (χ1) is 31.2. The van der Waals surface area contributed by atoms with Crippen molar-refractivity contribution in [3.8, 4) is 0 Å². The van der Waals surface area contributed by atoms with Crippen LogP contribution < -0.4 is 37.2 Å². The Bertz CT molecular complexity index is 2590. The fourth-order valence-corrected chi connectivity index (χ4v) is 13.2. The molecule has 14 bridgehead atoms. The second-order valence-electron chi connectivity index (χ2n) is 18.4. The summed E-state index contributed by atoms with van der Waals surface area (Å²) in [6.07, 6.45) is -16.6. The predicted octanol–water partition coefficient (Wildman–Crippen LogP) is -7.69. The fourth-order valence-electron chi connectivity index (χ4n) is 13.2. The molecule has 2 spiro atoms. The van der Waals surface area contributed by atoms with Gasteiger partial charge in [-0.3, -0.25) is 45.3 Å². The highest BCUT2D eigenvalue weighted by molar-refractivity contribution is 5.98. The lowest BCUT2D eigenvalue weighted by Gasteiger charge is -2.54. The summed E-state index contributed by atoms with van der Waals surface area (Å²) in [6.45, 7) is -3.64. The minimum Gasteiger partial charge on any atom is -0.314 e. The third-order valence-corrected chi connectivity index (χ3v) is 15.8. The van der Waals surface area contributed by atoms with E-state index in [1.165, 1.54) is 19.6 Å². The van der Waals surface area contributed by atoms with Gasteiger partial charge in [-0.1, -0.05) is 0 Å². The van der Waals surface area contributed by atoms with E-state index in [1.807, 2.05) is 0 Å². The van der Waals surface area contributed by atoms with E-state index in [4.69, 9.17) is 0 Å². The summed E-state index contributed by atoms with van der Waals surface area (Å²) in [5, 5.41) is 22.1. The SMILES string of the molecule is O=C1NC2C3N1CNC1NCN3C(=O)N2CN2C(=O)N3C(=O)NC(NCN4C(=O)NC2C43)C2NCN3C(=O)N4C[N+]56C[N+]7(CN8C(=O)N9C(C85)N(C6=O)[N+](=O)C1[N+]9=O)C(=O)N(C3C47)[N+]2=O. The number of hydrogen-bond donors (Lipinski definition) is 7. The molecule has 0 aliphatic carbocycles. The Morgan fingerprint density at radius 1 is 0.462 bits per heavy atom. The standard InChI is InChI=1S/C29H32N24O12/c54-21-35-12-15-37(21)2-31-10-14-50(64)46-18-20-44(27(46)60)7-52-8-53(20,29(62)48(18)51(14)65)6-43-19(52)17-40(25(43)58)4-33-11(49(63)47(17)28(52)61)9-30-1-38-16-13(36-22(38)55)42(26(59)45(16)23(56)34-9)5-41(12)24(57)39(15)3-32-10/h9-20,30-33H,1-8H2/q+2/p+3. The zero-order valence-corrected chi connectivity index (χ0v) is 33.1.